The van der Waals surface area contributed by atoms with Crippen LogP contribution in [0.3, 0.4) is 0 Å². The van der Waals surface area contributed by atoms with Crippen molar-refractivity contribution >= 4 is 23.2 Å². The van der Waals surface area contributed by atoms with Crippen molar-refractivity contribution in [3.8, 4) is 11.5 Å². The second-order valence-corrected chi connectivity index (χ2v) is 8.56. The summed E-state index contributed by atoms with van der Waals surface area (Å²) in [5.41, 5.74) is 0.962. The molecule has 9 nitrogen and oxygen atoms in total. The van der Waals surface area contributed by atoms with Gasteiger partial charge in [-0.15, -0.1) is 0 Å². The minimum absolute atomic E-state index is 0.175. The molecule has 2 aliphatic rings. The Morgan fingerprint density at radius 1 is 1.16 bits per heavy atom. The van der Waals surface area contributed by atoms with Gasteiger partial charge in [0.25, 0.3) is 5.69 Å². The number of Topliss-reactive ketones (excluding diaryl/α,β-unsaturated/α-hetero) is 1. The van der Waals surface area contributed by atoms with Crippen molar-refractivity contribution in [2.24, 2.45) is 16.3 Å². The second-order valence-electron chi connectivity index (χ2n) is 8.56. The molecule has 31 heavy (non-hydrogen) atoms. The molecule has 0 fully saturated rings. The van der Waals surface area contributed by atoms with E-state index in [9.17, 15) is 19.7 Å². The van der Waals surface area contributed by atoms with Gasteiger partial charge in [0.05, 0.1) is 32.3 Å². The van der Waals surface area contributed by atoms with Crippen LogP contribution in [0.15, 0.2) is 28.4 Å². The van der Waals surface area contributed by atoms with E-state index in [0.717, 1.165) is 0 Å². The van der Waals surface area contributed by atoms with E-state index in [2.05, 4.69) is 4.99 Å². The lowest BCUT2D eigenvalue weighted by Gasteiger charge is -2.38. The number of ketones is 1. The van der Waals surface area contributed by atoms with Crippen molar-refractivity contribution in [2.45, 2.75) is 39.5 Å². The van der Waals surface area contributed by atoms with Crippen LogP contribution in [-0.2, 0) is 14.3 Å². The quantitative estimate of drug-likeness (QED) is 0.398. The van der Waals surface area contributed by atoms with Crippen LogP contribution in [0.25, 0.3) is 0 Å². The number of benzene rings is 1. The minimum Gasteiger partial charge on any atom is -0.493 e. The van der Waals surface area contributed by atoms with Crippen molar-refractivity contribution < 1.29 is 28.7 Å². The average Bonchev–Trinajstić information content (AvgIpc) is 2.70. The molecule has 0 amide bonds. The van der Waals surface area contributed by atoms with Crippen LogP contribution in [-0.4, -0.2) is 43.7 Å². The summed E-state index contributed by atoms with van der Waals surface area (Å²) < 4.78 is 15.6. The molecule has 2 atom stereocenters. The molecule has 3 rings (SSSR count). The highest BCUT2D eigenvalue weighted by Crippen LogP contribution is 2.51. The van der Waals surface area contributed by atoms with E-state index in [4.69, 9.17) is 14.2 Å². The fraction of sp³-hybridized carbons (Fsp3) is 0.500. The summed E-state index contributed by atoms with van der Waals surface area (Å²) >= 11 is 0. The van der Waals surface area contributed by atoms with Crippen LogP contribution in [0, 0.1) is 21.4 Å². The first-order chi connectivity index (χ1) is 14.5. The number of aliphatic imine (C=N–C) groups is 1. The van der Waals surface area contributed by atoms with E-state index in [1.165, 1.54) is 33.5 Å². The van der Waals surface area contributed by atoms with Crippen LogP contribution >= 0.6 is 0 Å². The summed E-state index contributed by atoms with van der Waals surface area (Å²) in [7, 11) is 4.03. The van der Waals surface area contributed by atoms with E-state index >= 15 is 0 Å². The molecule has 0 bridgehead atoms. The second kappa shape index (κ2) is 8.13. The summed E-state index contributed by atoms with van der Waals surface area (Å²) in [6.07, 6.45) is 0.781. The van der Waals surface area contributed by atoms with E-state index < -0.39 is 22.7 Å². The SMILES string of the molecule is COC(=O)C1C(C)=NC2=C(C(=O)CC(C)(C)C2)[C@@H]1c1cc(OC)c(OC)cc1[N+](=O)[O-]. The molecule has 1 aromatic rings. The molecule has 9 heteroatoms. The molecule has 0 N–H and O–H groups in total. The third-order valence-electron chi connectivity index (χ3n) is 5.82. The zero-order valence-electron chi connectivity index (χ0n) is 18.5. The van der Waals surface area contributed by atoms with Gasteiger partial charge in [-0.1, -0.05) is 13.8 Å². The zero-order chi connectivity index (χ0) is 23.1. The van der Waals surface area contributed by atoms with Crippen molar-refractivity contribution in [3.63, 3.8) is 0 Å². The normalized spacial score (nSPS) is 22.4. The third-order valence-corrected chi connectivity index (χ3v) is 5.82. The first kappa shape index (κ1) is 22.5. The molecular formula is C22H26N2O7. The number of nitrogens with zero attached hydrogens (tertiary/aromatic N) is 2. The summed E-state index contributed by atoms with van der Waals surface area (Å²) in [5, 5.41) is 12.0. The van der Waals surface area contributed by atoms with Crippen LogP contribution in [0.4, 0.5) is 5.69 Å². The third kappa shape index (κ3) is 3.92. The summed E-state index contributed by atoms with van der Waals surface area (Å²) in [4.78, 5) is 42.0. The summed E-state index contributed by atoms with van der Waals surface area (Å²) in [6.45, 7) is 5.62. The topological polar surface area (TPSA) is 117 Å². The fourth-order valence-corrected chi connectivity index (χ4v) is 4.50. The van der Waals surface area contributed by atoms with Gasteiger partial charge in [0, 0.05) is 34.9 Å². The predicted molar refractivity (Wildman–Crippen MR) is 113 cm³/mol. The van der Waals surface area contributed by atoms with Crippen molar-refractivity contribution in [3.05, 3.63) is 39.1 Å². The number of ether oxygens (including phenoxy) is 3. The Morgan fingerprint density at radius 2 is 1.77 bits per heavy atom. The molecule has 0 saturated heterocycles. The van der Waals surface area contributed by atoms with E-state index in [-0.39, 0.29) is 40.4 Å². The molecule has 1 unspecified atom stereocenters. The highest BCUT2D eigenvalue weighted by Gasteiger charge is 2.48. The van der Waals surface area contributed by atoms with Gasteiger partial charge in [0.15, 0.2) is 17.3 Å². The zero-order valence-corrected chi connectivity index (χ0v) is 18.5. The molecule has 0 radical (unpaired) electrons. The Kier molecular flexibility index (Phi) is 5.89. The molecule has 1 aliphatic heterocycles. The first-order valence-corrected chi connectivity index (χ1v) is 9.84. The number of nitro groups is 1. The Morgan fingerprint density at radius 3 is 2.32 bits per heavy atom. The van der Waals surface area contributed by atoms with Gasteiger partial charge in [-0.25, -0.2) is 0 Å². The van der Waals surface area contributed by atoms with Crippen molar-refractivity contribution in [2.75, 3.05) is 21.3 Å². The number of allylic oxidation sites excluding steroid dienone is 2. The lowest BCUT2D eigenvalue weighted by molar-refractivity contribution is -0.385. The summed E-state index contributed by atoms with van der Waals surface area (Å²) in [6, 6.07) is 2.72. The lowest BCUT2D eigenvalue weighted by Crippen LogP contribution is -2.39. The summed E-state index contributed by atoms with van der Waals surface area (Å²) in [5.74, 6) is -2.23. The molecule has 1 aliphatic carbocycles. The molecule has 0 saturated carbocycles. The van der Waals surface area contributed by atoms with Crippen molar-refractivity contribution in [1.29, 1.82) is 0 Å². The molecule has 0 spiro atoms. The maximum absolute atomic E-state index is 13.2. The minimum atomic E-state index is -0.967. The monoisotopic (exact) mass is 430 g/mol. The molecule has 1 heterocycles. The number of hydrogen-bond acceptors (Lipinski definition) is 8. The number of nitro benzene ring substituents is 1. The Labute approximate surface area is 180 Å². The van der Waals surface area contributed by atoms with E-state index in [1.807, 2.05) is 13.8 Å². The Hall–Kier alpha value is -3.23. The van der Waals surface area contributed by atoms with Gasteiger partial charge in [-0.2, -0.15) is 0 Å². The van der Waals surface area contributed by atoms with E-state index in [1.54, 1.807) is 6.92 Å². The van der Waals surface area contributed by atoms with Gasteiger partial charge in [-0.05, 0) is 24.8 Å². The maximum atomic E-state index is 13.2. The lowest BCUT2D eigenvalue weighted by atomic mass is 9.66. The molecular weight excluding hydrogens is 404 g/mol. The number of hydrogen-bond donors (Lipinski definition) is 0. The highest BCUT2D eigenvalue weighted by atomic mass is 16.6. The maximum Gasteiger partial charge on any atom is 0.315 e. The fourth-order valence-electron chi connectivity index (χ4n) is 4.50. The van der Waals surface area contributed by atoms with Crippen molar-refractivity contribution in [1.82, 2.24) is 0 Å². The van der Waals surface area contributed by atoms with Gasteiger partial charge >= 0.3 is 5.97 Å². The largest absolute Gasteiger partial charge is 0.493 e. The smallest absolute Gasteiger partial charge is 0.315 e. The Balaban J connectivity index is 2.35. The number of esters is 1. The van der Waals surface area contributed by atoms with E-state index in [0.29, 0.717) is 23.4 Å². The molecule has 166 valence electrons. The van der Waals surface area contributed by atoms with Gasteiger partial charge in [0.2, 0.25) is 0 Å². The Bertz CT molecular complexity index is 1020. The van der Waals surface area contributed by atoms with Crippen LogP contribution < -0.4 is 9.47 Å². The van der Waals surface area contributed by atoms with Crippen LogP contribution in [0.5, 0.6) is 11.5 Å². The average molecular weight is 430 g/mol. The molecule has 0 aromatic heterocycles. The number of rotatable bonds is 5. The van der Waals surface area contributed by atoms with Gasteiger partial charge < -0.3 is 14.2 Å². The van der Waals surface area contributed by atoms with Crippen LogP contribution in [0.1, 0.15) is 45.1 Å². The highest BCUT2D eigenvalue weighted by molar-refractivity contribution is 6.09. The number of carbonyl (C=O) groups excluding carboxylic acids is 2. The number of methoxy groups -OCH3 is 3. The molecule has 1 aromatic carbocycles. The number of carbonyl (C=O) groups is 2. The van der Waals surface area contributed by atoms with Gasteiger partial charge in [-0.3, -0.25) is 24.7 Å². The standard InChI is InChI=1S/C22H26N2O7/c1-11-18(21(26)31-6)19(20-13(23-11)9-22(2,3)10-15(20)25)12-7-16(29-4)17(30-5)8-14(12)24(27)28/h7-8,18-19H,9-10H2,1-6H3/t18?,19-/m1/s1. The van der Waals surface area contributed by atoms with Crippen LogP contribution in [0.2, 0.25) is 0 Å². The van der Waals surface area contributed by atoms with Gasteiger partial charge in [0.1, 0.15) is 5.92 Å². The first-order valence-electron chi connectivity index (χ1n) is 9.84. The predicted octanol–water partition coefficient (Wildman–Crippen LogP) is 3.60.